The molecule has 50 heavy (non-hydrogen) atoms. The van der Waals surface area contributed by atoms with E-state index in [4.69, 9.17) is 0 Å². The molecule has 238 valence electrons. The first-order valence-corrected chi connectivity index (χ1v) is 16.9. The molecule has 1 aliphatic heterocycles. The fourth-order valence-corrected chi connectivity index (χ4v) is 7.70. The number of benzene rings is 7. The summed E-state index contributed by atoms with van der Waals surface area (Å²) in [6, 6.07) is 52.9. The molecule has 0 saturated carbocycles. The number of rotatable bonds is 5. The first kappa shape index (κ1) is 29.6. The number of anilines is 1. The highest BCUT2D eigenvalue weighted by Crippen LogP contribution is 2.44. The summed E-state index contributed by atoms with van der Waals surface area (Å²) in [5.41, 5.74) is 12.5. The summed E-state index contributed by atoms with van der Waals surface area (Å²) in [5, 5.41) is 2.17. The van der Waals surface area contributed by atoms with Gasteiger partial charge in [0, 0.05) is 16.3 Å². The van der Waals surface area contributed by atoms with Gasteiger partial charge in [0.15, 0.2) is 0 Å². The number of nitrogens with zero attached hydrogens (tertiary/aromatic N) is 2. The van der Waals surface area contributed by atoms with Gasteiger partial charge >= 0.3 is 0 Å². The number of para-hydroxylation sites is 1. The van der Waals surface area contributed by atoms with Crippen LogP contribution < -0.4 is 4.90 Å². The lowest BCUT2D eigenvalue weighted by atomic mass is 9.92. The molecule has 9 rings (SSSR count). The monoisotopic (exact) mass is 644 g/mol. The fourth-order valence-electron chi connectivity index (χ4n) is 7.70. The number of hydrogen-bond acceptors (Lipinski definition) is 2. The van der Waals surface area contributed by atoms with Crippen molar-refractivity contribution in [2.45, 2.75) is 13.8 Å². The van der Waals surface area contributed by atoms with E-state index in [2.05, 4.69) is 85.1 Å². The highest BCUT2D eigenvalue weighted by atomic mass is 16.2. The van der Waals surface area contributed by atoms with Crippen molar-refractivity contribution in [3.05, 3.63) is 180 Å². The van der Waals surface area contributed by atoms with Gasteiger partial charge in [-0.2, -0.15) is 0 Å². The number of imide groups is 1. The fraction of sp³-hybridized carbons (Fsp3) is 0.0435. The van der Waals surface area contributed by atoms with Gasteiger partial charge in [0.2, 0.25) is 0 Å². The molecule has 7 aromatic carbocycles. The summed E-state index contributed by atoms with van der Waals surface area (Å²) >= 11 is 0. The molecule has 8 aromatic rings. The maximum absolute atomic E-state index is 14.8. The van der Waals surface area contributed by atoms with Crippen molar-refractivity contribution in [2.75, 3.05) is 4.90 Å². The summed E-state index contributed by atoms with van der Waals surface area (Å²) in [4.78, 5) is 30.6. The van der Waals surface area contributed by atoms with Crippen LogP contribution in [0, 0.1) is 13.8 Å². The van der Waals surface area contributed by atoms with Crippen LogP contribution in [0.1, 0.15) is 31.8 Å². The van der Waals surface area contributed by atoms with Gasteiger partial charge in [-0.15, -0.1) is 0 Å². The number of carbonyl (C=O) groups excluding carboxylic acids is 2. The second-order valence-corrected chi connectivity index (χ2v) is 13.0. The quantitative estimate of drug-likeness (QED) is 0.175. The van der Waals surface area contributed by atoms with E-state index in [9.17, 15) is 9.59 Å². The zero-order valence-corrected chi connectivity index (χ0v) is 27.7. The Bertz CT molecular complexity index is 2650. The third kappa shape index (κ3) is 4.53. The Morgan fingerprint density at radius 2 is 1.08 bits per heavy atom. The molecule has 4 nitrogen and oxygen atoms in total. The second-order valence-electron chi connectivity index (χ2n) is 13.0. The number of aromatic nitrogens is 1. The van der Waals surface area contributed by atoms with E-state index in [0.717, 1.165) is 49.6 Å². The molecule has 0 aliphatic carbocycles. The normalized spacial score (nSPS) is 12.6. The molecule has 0 atom stereocenters. The van der Waals surface area contributed by atoms with E-state index in [1.807, 2.05) is 84.9 Å². The van der Waals surface area contributed by atoms with Gasteiger partial charge in [0.25, 0.3) is 11.8 Å². The molecule has 0 spiro atoms. The number of aryl methyl sites for hydroxylation is 2. The molecule has 0 radical (unpaired) electrons. The third-order valence-electron chi connectivity index (χ3n) is 9.93. The standard InChI is InChI=1S/C46H32N2O2/c1-29-23-25-34(30(2)27-29)33-24-26-40-38(28-33)36-17-9-10-20-39(36)47(40)42-22-12-19-37-44(42)46(50)48(45(37)49)41-21-11-18-35(31-13-5-3-6-14-31)43(41)32-15-7-4-8-16-32/h3-28H,1-2H3. The molecule has 0 N–H and O–H groups in total. The van der Waals surface area contributed by atoms with Gasteiger partial charge in [-0.05, 0) is 83.6 Å². The van der Waals surface area contributed by atoms with E-state index in [0.29, 0.717) is 22.5 Å². The van der Waals surface area contributed by atoms with Gasteiger partial charge in [-0.25, -0.2) is 4.90 Å². The Kier molecular flexibility index (Phi) is 6.85. The predicted molar refractivity (Wildman–Crippen MR) is 204 cm³/mol. The highest BCUT2D eigenvalue weighted by Gasteiger charge is 2.40. The molecule has 0 saturated heterocycles. The first-order valence-electron chi connectivity index (χ1n) is 16.9. The molecule has 0 fully saturated rings. The SMILES string of the molecule is Cc1ccc(-c2ccc3c(c2)c2ccccc2n3-c2cccc3c2C(=O)N(c2cccc(-c4ccccc4)c2-c2ccccc2)C3=O)c(C)c1. The Hall–Kier alpha value is -6.52. The zero-order chi connectivity index (χ0) is 33.9. The Balaban J connectivity index is 1.24. The van der Waals surface area contributed by atoms with Crippen LogP contribution in [0.2, 0.25) is 0 Å². The molecule has 0 bridgehead atoms. The highest BCUT2D eigenvalue weighted by molar-refractivity contribution is 6.36. The van der Waals surface area contributed by atoms with Gasteiger partial charge in [-0.3, -0.25) is 9.59 Å². The van der Waals surface area contributed by atoms with Gasteiger partial charge < -0.3 is 4.57 Å². The number of hydrogen-bond donors (Lipinski definition) is 0. The van der Waals surface area contributed by atoms with Crippen LogP contribution in [0.15, 0.2) is 158 Å². The maximum Gasteiger partial charge on any atom is 0.268 e. The molecule has 1 aliphatic rings. The summed E-state index contributed by atoms with van der Waals surface area (Å²) in [5.74, 6) is -0.659. The smallest absolute Gasteiger partial charge is 0.268 e. The van der Waals surface area contributed by atoms with E-state index in [1.165, 1.54) is 21.6 Å². The van der Waals surface area contributed by atoms with Crippen molar-refractivity contribution in [3.8, 4) is 39.1 Å². The van der Waals surface area contributed by atoms with Gasteiger partial charge in [-0.1, -0.05) is 127 Å². The van der Waals surface area contributed by atoms with Gasteiger partial charge in [0.05, 0.1) is 33.5 Å². The van der Waals surface area contributed by atoms with Crippen LogP contribution in [0.3, 0.4) is 0 Å². The van der Waals surface area contributed by atoms with Crippen LogP contribution in [0.5, 0.6) is 0 Å². The Morgan fingerprint density at radius 1 is 0.420 bits per heavy atom. The largest absolute Gasteiger partial charge is 0.308 e. The van der Waals surface area contributed by atoms with Crippen LogP contribution in [-0.4, -0.2) is 16.4 Å². The molecular weight excluding hydrogens is 613 g/mol. The summed E-state index contributed by atoms with van der Waals surface area (Å²) in [6.45, 7) is 4.26. The van der Waals surface area contributed by atoms with E-state index >= 15 is 0 Å². The average Bonchev–Trinajstić information content (AvgIpc) is 3.62. The van der Waals surface area contributed by atoms with Crippen molar-refractivity contribution in [3.63, 3.8) is 0 Å². The lowest BCUT2D eigenvalue weighted by molar-refractivity contribution is 0.0926. The maximum atomic E-state index is 14.8. The van der Waals surface area contributed by atoms with Crippen molar-refractivity contribution in [1.82, 2.24) is 4.57 Å². The predicted octanol–water partition coefficient (Wildman–Crippen LogP) is 11.2. The number of fused-ring (bicyclic) bond motifs is 4. The topological polar surface area (TPSA) is 42.3 Å². The third-order valence-corrected chi connectivity index (χ3v) is 9.93. The van der Waals surface area contributed by atoms with E-state index in [1.54, 1.807) is 6.07 Å². The summed E-state index contributed by atoms with van der Waals surface area (Å²) in [7, 11) is 0. The first-order chi connectivity index (χ1) is 24.5. The minimum atomic E-state index is -0.333. The summed E-state index contributed by atoms with van der Waals surface area (Å²) in [6.07, 6.45) is 0. The lowest BCUT2D eigenvalue weighted by Gasteiger charge is -2.22. The molecule has 0 unspecified atom stereocenters. The van der Waals surface area contributed by atoms with Gasteiger partial charge in [0.1, 0.15) is 0 Å². The number of carbonyl (C=O) groups is 2. The van der Waals surface area contributed by atoms with Crippen LogP contribution in [0.25, 0.3) is 60.9 Å². The average molecular weight is 645 g/mol. The molecule has 2 amide bonds. The Labute approximate surface area is 290 Å². The van der Waals surface area contributed by atoms with Crippen LogP contribution >= 0.6 is 0 Å². The molecule has 4 heteroatoms. The van der Waals surface area contributed by atoms with Crippen molar-refractivity contribution >= 4 is 39.3 Å². The van der Waals surface area contributed by atoms with Crippen molar-refractivity contribution < 1.29 is 9.59 Å². The Morgan fingerprint density at radius 3 is 1.84 bits per heavy atom. The van der Waals surface area contributed by atoms with E-state index < -0.39 is 0 Å². The second kappa shape index (κ2) is 11.6. The van der Waals surface area contributed by atoms with Crippen LogP contribution in [0.4, 0.5) is 5.69 Å². The lowest BCUT2D eigenvalue weighted by Crippen LogP contribution is -2.30. The molecular formula is C46H32N2O2. The minimum absolute atomic E-state index is 0.327. The summed E-state index contributed by atoms with van der Waals surface area (Å²) < 4.78 is 2.14. The molecule has 1 aromatic heterocycles. The van der Waals surface area contributed by atoms with Crippen LogP contribution in [-0.2, 0) is 0 Å². The molecule has 2 heterocycles. The van der Waals surface area contributed by atoms with Crippen molar-refractivity contribution in [1.29, 1.82) is 0 Å². The van der Waals surface area contributed by atoms with E-state index in [-0.39, 0.29) is 11.8 Å². The number of amides is 2. The van der Waals surface area contributed by atoms with Crippen molar-refractivity contribution in [2.24, 2.45) is 0 Å². The minimum Gasteiger partial charge on any atom is -0.308 e. The zero-order valence-electron chi connectivity index (χ0n) is 27.7.